The number of likely N-dealkylation sites (tertiary alicyclic amines) is 1. The molecule has 10 heteroatoms. The van der Waals surface area contributed by atoms with E-state index in [0.717, 1.165) is 21.7 Å². The number of amides is 3. The lowest BCUT2D eigenvalue weighted by Gasteiger charge is -2.34. The van der Waals surface area contributed by atoms with Crippen molar-refractivity contribution in [2.75, 3.05) is 6.54 Å². The predicted octanol–water partition coefficient (Wildman–Crippen LogP) is 2.75. The fourth-order valence-corrected chi connectivity index (χ4v) is 4.84. The molecule has 3 rings (SSSR count). The van der Waals surface area contributed by atoms with Crippen molar-refractivity contribution in [2.24, 2.45) is 5.41 Å². The summed E-state index contributed by atoms with van der Waals surface area (Å²) in [6.07, 6.45) is -0.661. The van der Waals surface area contributed by atoms with Crippen LogP contribution in [0.5, 0.6) is 0 Å². The Morgan fingerprint density at radius 1 is 1.27 bits per heavy atom. The van der Waals surface area contributed by atoms with Gasteiger partial charge in [0.1, 0.15) is 12.1 Å². The first-order valence-electron chi connectivity index (χ1n) is 10.7. The van der Waals surface area contributed by atoms with Crippen LogP contribution in [-0.4, -0.2) is 56.8 Å². The number of thiazole rings is 1. The van der Waals surface area contributed by atoms with Gasteiger partial charge in [-0.3, -0.25) is 14.4 Å². The van der Waals surface area contributed by atoms with Gasteiger partial charge in [-0.2, -0.15) is 0 Å². The van der Waals surface area contributed by atoms with Gasteiger partial charge in [0.2, 0.25) is 11.8 Å². The summed E-state index contributed by atoms with van der Waals surface area (Å²) < 4.78 is 0. The van der Waals surface area contributed by atoms with Gasteiger partial charge in [0.15, 0.2) is 0 Å². The Bertz CT molecular complexity index is 1020. The van der Waals surface area contributed by atoms with Crippen molar-refractivity contribution in [1.29, 1.82) is 0 Å². The Morgan fingerprint density at radius 2 is 1.94 bits per heavy atom. The number of aromatic nitrogens is 1. The Morgan fingerprint density at radius 3 is 2.48 bits per heavy atom. The second-order valence-corrected chi connectivity index (χ2v) is 10.6. The minimum absolute atomic E-state index is 0.0365. The molecular weight excluding hydrogens is 460 g/mol. The molecule has 1 fully saturated rings. The third-order valence-electron chi connectivity index (χ3n) is 5.67. The Hall–Kier alpha value is -2.43. The third kappa shape index (κ3) is 6.13. The number of hydrogen-bond acceptors (Lipinski definition) is 6. The summed E-state index contributed by atoms with van der Waals surface area (Å²) in [4.78, 5) is 44.4. The molecule has 3 atom stereocenters. The second-order valence-electron chi connectivity index (χ2n) is 9.33. The lowest BCUT2D eigenvalue weighted by atomic mass is 9.85. The molecule has 2 heterocycles. The van der Waals surface area contributed by atoms with Crippen LogP contribution in [0.25, 0.3) is 10.4 Å². The highest BCUT2D eigenvalue weighted by atomic mass is 32.1. The van der Waals surface area contributed by atoms with Crippen LogP contribution in [0.15, 0.2) is 29.8 Å². The van der Waals surface area contributed by atoms with Crippen LogP contribution < -0.4 is 10.6 Å². The van der Waals surface area contributed by atoms with Gasteiger partial charge in [0.25, 0.3) is 5.24 Å². The van der Waals surface area contributed by atoms with E-state index >= 15 is 0 Å². The molecule has 1 aromatic heterocycles. The van der Waals surface area contributed by atoms with Crippen molar-refractivity contribution in [2.45, 2.75) is 58.8 Å². The van der Waals surface area contributed by atoms with Crippen LogP contribution in [0.3, 0.4) is 0 Å². The first kappa shape index (κ1) is 25.2. The number of β-amino-alcohol motifs (C(OH)–C–C–N with tert-alkyl or cyclic N) is 1. The summed E-state index contributed by atoms with van der Waals surface area (Å²) in [7, 11) is 0. The van der Waals surface area contributed by atoms with E-state index in [9.17, 15) is 19.5 Å². The average molecular weight is 491 g/mol. The fourth-order valence-electron chi connectivity index (χ4n) is 3.90. The Balaban J connectivity index is 1.67. The number of carbonyl (C=O) groups is 3. The van der Waals surface area contributed by atoms with Crippen molar-refractivity contribution in [3.05, 3.63) is 41.0 Å². The molecule has 1 aromatic carbocycles. The zero-order valence-electron chi connectivity index (χ0n) is 19.2. The summed E-state index contributed by atoms with van der Waals surface area (Å²) in [6, 6.07) is 6.19. The highest BCUT2D eigenvalue weighted by Gasteiger charge is 2.44. The van der Waals surface area contributed by atoms with E-state index in [1.54, 1.807) is 11.3 Å². The van der Waals surface area contributed by atoms with Crippen LogP contribution in [0.1, 0.15) is 38.4 Å². The van der Waals surface area contributed by atoms with Crippen molar-refractivity contribution in [1.82, 2.24) is 20.5 Å². The monoisotopic (exact) mass is 490 g/mol. The molecule has 0 aliphatic carbocycles. The number of hydrogen-bond donors (Lipinski definition) is 4. The van der Waals surface area contributed by atoms with Gasteiger partial charge in [-0.1, -0.05) is 57.7 Å². The predicted molar refractivity (Wildman–Crippen MR) is 131 cm³/mol. The molecule has 3 amide bonds. The molecular formula is C23H30N4O4S2. The molecule has 0 spiro atoms. The number of aliphatic hydroxyl groups is 1. The van der Waals surface area contributed by atoms with Crippen LogP contribution in [0.2, 0.25) is 0 Å². The topological polar surface area (TPSA) is 112 Å². The summed E-state index contributed by atoms with van der Waals surface area (Å²) in [6.45, 7) is 7.75. The molecule has 0 saturated carbocycles. The van der Waals surface area contributed by atoms with Crippen LogP contribution >= 0.6 is 24.0 Å². The molecule has 8 nitrogen and oxygen atoms in total. The molecule has 1 unspecified atom stereocenters. The highest BCUT2D eigenvalue weighted by Crippen LogP contribution is 2.28. The van der Waals surface area contributed by atoms with E-state index in [1.165, 1.54) is 4.90 Å². The largest absolute Gasteiger partial charge is 0.391 e. The maximum absolute atomic E-state index is 13.2. The second kappa shape index (κ2) is 10.2. The number of carbonyl (C=O) groups excluding carboxylic acids is 3. The number of rotatable bonds is 6. The number of nitrogens with zero attached hydrogens (tertiary/aromatic N) is 2. The summed E-state index contributed by atoms with van der Waals surface area (Å²) in [5.74, 6) is -0.752. The van der Waals surface area contributed by atoms with Crippen molar-refractivity contribution in [3.8, 4) is 10.4 Å². The minimum atomic E-state index is -0.870. The Labute approximate surface area is 203 Å². The summed E-state index contributed by atoms with van der Waals surface area (Å²) in [5, 5.41) is 15.0. The molecule has 1 aliphatic heterocycles. The average Bonchev–Trinajstić information content (AvgIpc) is 3.35. The zero-order valence-corrected chi connectivity index (χ0v) is 20.9. The van der Waals surface area contributed by atoms with Gasteiger partial charge in [0.05, 0.1) is 22.2 Å². The first-order chi connectivity index (χ1) is 15.5. The van der Waals surface area contributed by atoms with E-state index in [2.05, 4.69) is 28.2 Å². The number of benzene rings is 1. The number of thiol groups is 1. The number of nitrogens with one attached hydrogen (secondary N) is 2. The van der Waals surface area contributed by atoms with E-state index < -0.39 is 34.7 Å². The maximum atomic E-state index is 13.2. The van der Waals surface area contributed by atoms with Crippen LogP contribution in [-0.2, 0) is 16.1 Å². The molecule has 3 N–H and O–H groups in total. The minimum Gasteiger partial charge on any atom is -0.391 e. The van der Waals surface area contributed by atoms with Gasteiger partial charge in [-0.15, -0.1) is 11.3 Å². The van der Waals surface area contributed by atoms with E-state index in [0.29, 0.717) is 6.54 Å². The molecule has 0 radical (unpaired) electrons. The summed E-state index contributed by atoms with van der Waals surface area (Å²) in [5.41, 5.74) is 4.18. The summed E-state index contributed by atoms with van der Waals surface area (Å²) >= 11 is 5.32. The quantitative estimate of drug-likeness (QED) is 0.465. The van der Waals surface area contributed by atoms with Gasteiger partial charge < -0.3 is 20.6 Å². The van der Waals surface area contributed by atoms with Crippen LogP contribution in [0, 0.1) is 12.3 Å². The fraction of sp³-hybridized carbons (Fsp3) is 0.478. The van der Waals surface area contributed by atoms with Gasteiger partial charge in [-0.05, 0) is 23.5 Å². The van der Waals surface area contributed by atoms with E-state index in [4.69, 9.17) is 0 Å². The van der Waals surface area contributed by atoms with Gasteiger partial charge in [0, 0.05) is 19.5 Å². The molecule has 0 bridgehead atoms. The van der Waals surface area contributed by atoms with E-state index in [1.807, 2.05) is 57.5 Å². The maximum Gasteiger partial charge on any atom is 0.276 e. The Kier molecular flexibility index (Phi) is 7.81. The van der Waals surface area contributed by atoms with Crippen molar-refractivity contribution >= 4 is 41.0 Å². The molecule has 1 saturated heterocycles. The zero-order chi connectivity index (χ0) is 24.3. The molecule has 2 aromatic rings. The third-order valence-corrected chi connectivity index (χ3v) is 6.78. The van der Waals surface area contributed by atoms with Gasteiger partial charge >= 0.3 is 0 Å². The van der Waals surface area contributed by atoms with Gasteiger partial charge in [-0.25, -0.2) is 4.98 Å². The lowest BCUT2D eigenvalue weighted by Crippen LogP contribution is -2.57. The molecule has 33 heavy (non-hydrogen) atoms. The van der Waals surface area contributed by atoms with E-state index in [-0.39, 0.29) is 18.9 Å². The molecule has 178 valence electrons. The van der Waals surface area contributed by atoms with Crippen molar-refractivity contribution < 1.29 is 19.5 Å². The number of aryl methyl sites for hydroxylation is 1. The lowest BCUT2D eigenvalue weighted by molar-refractivity contribution is -0.141. The number of aliphatic hydroxyl groups excluding tert-OH is 1. The highest BCUT2D eigenvalue weighted by molar-refractivity contribution is 7.96. The standard InChI is InChI=1S/C23H30N4O4S2/c1-13-18(33-12-25-13)15-7-5-14(6-8-15)10-24-20(29)17-9-16(28)11-27(17)21(30)19(23(2,3)4)26-22(31)32/h5-8,12,16-17,19,28H,9-11H2,1-4H3,(H,24,29)(H2,26,31,32)/t16-,17+,19?/m1/s1. The normalized spacial score (nSPS) is 19.3. The smallest absolute Gasteiger partial charge is 0.276 e. The SMILES string of the molecule is Cc1ncsc1-c1ccc(CNC(=O)[C@@H]2C[C@@H](O)CN2C(=O)C(NC(=O)S)C(C)(C)C)cc1. The first-order valence-corrected chi connectivity index (χ1v) is 12.0. The molecule has 1 aliphatic rings. The van der Waals surface area contributed by atoms with Crippen LogP contribution in [0.4, 0.5) is 4.79 Å². The van der Waals surface area contributed by atoms with Crippen molar-refractivity contribution in [3.63, 3.8) is 0 Å².